The van der Waals surface area contributed by atoms with Gasteiger partial charge in [-0.15, -0.1) is 0 Å². The number of carbonyl (C=O) groups excluding carboxylic acids is 3. The van der Waals surface area contributed by atoms with Gasteiger partial charge in [0.2, 0.25) is 0 Å². The van der Waals surface area contributed by atoms with Crippen LogP contribution in [-0.4, -0.2) is 22.7 Å². The third-order valence-electron chi connectivity index (χ3n) is 4.45. The van der Waals surface area contributed by atoms with E-state index in [0.29, 0.717) is 22.3 Å². The first-order valence-corrected chi connectivity index (χ1v) is 9.08. The highest BCUT2D eigenvalue weighted by molar-refractivity contribution is 6.31. The number of furan rings is 2. The molecule has 1 aliphatic heterocycles. The molecule has 0 bridgehead atoms. The second-order valence-electron chi connectivity index (χ2n) is 6.45. The van der Waals surface area contributed by atoms with E-state index in [4.69, 9.17) is 20.4 Å². The number of nitrogens with one attached hydrogen (secondary N) is 1. The smallest absolute Gasteiger partial charge is 0.331 e. The number of amides is 4. The van der Waals surface area contributed by atoms with Crippen LogP contribution in [0.4, 0.5) is 4.79 Å². The Morgan fingerprint density at radius 2 is 1.97 bits per heavy atom. The Bertz CT molecular complexity index is 1140. The molecule has 1 fully saturated rings. The first-order chi connectivity index (χ1) is 13.9. The lowest BCUT2D eigenvalue weighted by Crippen LogP contribution is -2.53. The highest BCUT2D eigenvalue weighted by Crippen LogP contribution is 2.28. The Hall–Kier alpha value is -3.58. The lowest BCUT2D eigenvalue weighted by Gasteiger charge is -2.25. The third kappa shape index (κ3) is 3.72. The van der Waals surface area contributed by atoms with E-state index >= 15 is 0 Å². The molecule has 0 saturated carbocycles. The van der Waals surface area contributed by atoms with Crippen molar-refractivity contribution in [3.8, 4) is 11.3 Å². The molecule has 0 radical (unpaired) electrons. The van der Waals surface area contributed by atoms with Crippen molar-refractivity contribution in [2.45, 2.75) is 13.5 Å². The number of rotatable bonds is 4. The average molecular weight is 411 g/mol. The molecule has 0 atom stereocenters. The van der Waals surface area contributed by atoms with Gasteiger partial charge < -0.3 is 8.83 Å². The second-order valence-corrected chi connectivity index (χ2v) is 6.86. The molecule has 1 aliphatic rings. The molecular formula is C21H15ClN2O5. The van der Waals surface area contributed by atoms with Gasteiger partial charge in [0.15, 0.2) is 0 Å². The molecule has 146 valence electrons. The summed E-state index contributed by atoms with van der Waals surface area (Å²) >= 11 is 6.16. The van der Waals surface area contributed by atoms with Crippen LogP contribution >= 0.6 is 11.6 Å². The van der Waals surface area contributed by atoms with Crippen molar-refractivity contribution in [1.82, 2.24) is 10.2 Å². The van der Waals surface area contributed by atoms with E-state index in [-0.39, 0.29) is 12.1 Å². The van der Waals surface area contributed by atoms with Gasteiger partial charge in [0.1, 0.15) is 22.9 Å². The summed E-state index contributed by atoms with van der Waals surface area (Å²) in [6.45, 7) is 1.81. The molecule has 0 spiro atoms. The van der Waals surface area contributed by atoms with Crippen molar-refractivity contribution in [2.75, 3.05) is 0 Å². The van der Waals surface area contributed by atoms with Crippen molar-refractivity contribution in [3.05, 3.63) is 76.4 Å². The average Bonchev–Trinajstić information content (AvgIpc) is 3.36. The number of halogens is 1. The van der Waals surface area contributed by atoms with Crippen molar-refractivity contribution in [2.24, 2.45) is 0 Å². The van der Waals surface area contributed by atoms with Crippen LogP contribution in [0.3, 0.4) is 0 Å². The van der Waals surface area contributed by atoms with Crippen LogP contribution in [0.1, 0.15) is 17.1 Å². The summed E-state index contributed by atoms with van der Waals surface area (Å²) in [4.78, 5) is 37.9. The topological polar surface area (TPSA) is 92.8 Å². The molecule has 7 nitrogen and oxygen atoms in total. The normalized spacial score (nSPS) is 15.9. The zero-order valence-corrected chi connectivity index (χ0v) is 16.0. The van der Waals surface area contributed by atoms with Crippen LogP contribution in [0.25, 0.3) is 17.4 Å². The van der Waals surface area contributed by atoms with E-state index < -0.39 is 17.8 Å². The molecule has 1 saturated heterocycles. The SMILES string of the molecule is Cc1ccc(-c2ccc(C=C3C(=O)NC(=O)N(Cc4ccco4)C3=O)o2)cc1Cl. The number of carbonyl (C=O) groups is 3. The number of nitrogens with zero attached hydrogens (tertiary/aromatic N) is 1. The molecule has 4 amide bonds. The summed E-state index contributed by atoms with van der Waals surface area (Å²) < 4.78 is 10.9. The van der Waals surface area contributed by atoms with Crippen LogP contribution in [-0.2, 0) is 16.1 Å². The first-order valence-electron chi connectivity index (χ1n) is 8.70. The van der Waals surface area contributed by atoms with E-state index in [9.17, 15) is 14.4 Å². The number of hydrogen-bond donors (Lipinski definition) is 1. The molecule has 0 unspecified atom stereocenters. The molecule has 4 rings (SSSR count). The fraction of sp³-hybridized carbons (Fsp3) is 0.0952. The minimum Gasteiger partial charge on any atom is -0.467 e. The van der Waals surface area contributed by atoms with E-state index in [1.807, 2.05) is 19.1 Å². The van der Waals surface area contributed by atoms with Gasteiger partial charge in [0, 0.05) is 10.6 Å². The van der Waals surface area contributed by atoms with Crippen molar-refractivity contribution < 1.29 is 23.2 Å². The maximum absolute atomic E-state index is 12.7. The Kier molecular flexibility index (Phi) is 4.82. The predicted molar refractivity (Wildman–Crippen MR) is 105 cm³/mol. The summed E-state index contributed by atoms with van der Waals surface area (Å²) in [7, 11) is 0. The van der Waals surface area contributed by atoms with Gasteiger partial charge in [-0.25, -0.2) is 4.79 Å². The Morgan fingerprint density at radius 3 is 2.69 bits per heavy atom. The summed E-state index contributed by atoms with van der Waals surface area (Å²) in [5, 5.41) is 2.76. The van der Waals surface area contributed by atoms with Crippen molar-refractivity contribution in [1.29, 1.82) is 0 Å². The minimum absolute atomic E-state index is 0.0897. The van der Waals surface area contributed by atoms with Crippen LogP contribution in [0.15, 0.2) is 63.1 Å². The number of benzene rings is 1. The van der Waals surface area contributed by atoms with Crippen LogP contribution < -0.4 is 5.32 Å². The monoisotopic (exact) mass is 410 g/mol. The highest BCUT2D eigenvalue weighted by atomic mass is 35.5. The number of hydrogen-bond acceptors (Lipinski definition) is 5. The van der Waals surface area contributed by atoms with Gasteiger partial charge in [0.05, 0.1) is 12.8 Å². The third-order valence-corrected chi connectivity index (χ3v) is 4.86. The first kappa shape index (κ1) is 18.8. The standard InChI is InChI=1S/C21H15ClN2O5/c1-12-4-5-13(9-17(12)22)18-7-6-14(29-18)10-16-19(25)23-21(27)24(20(16)26)11-15-3-2-8-28-15/h2-10H,11H2,1H3,(H,23,25,27). The van der Waals surface area contributed by atoms with Gasteiger partial charge in [0.25, 0.3) is 11.8 Å². The van der Waals surface area contributed by atoms with Gasteiger partial charge in [-0.2, -0.15) is 0 Å². The fourth-order valence-corrected chi connectivity index (χ4v) is 3.05. The van der Waals surface area contributed by atoms with Crippen LogP contribution in [0.5, 0.6) is 0 Å². The van der Waals surface area contributed by atoms with E-state index in [0.717, 1.165) is 16.0 Å². The fourth-order valence-electron chi connectivity index (χ4n) is 2.87. The van der Waals surface area contributed by atoms with E-state index in [1.165, 1.54) is 12.3 Å². The zero-order valence-electron chi connectivity index (χ0n) is 15.3. The van der Waals surface area contributed by atoms with Crippen LogP contribution in [0.2, 0.25) is 5.02 Å². The molecular weight excluding hydrogens is 396 g/mol. The molecule has 1 N–H and O–H groups in total. The van der Waals surface area contributed by atoms with Gasteiger partial charge in [-0.3, -0.25) is 19.8 Å². The van der Waals surface area contributed by atoms with Crippen molar-refractivity contribution in [3.63, 3.8) is 0 Å². The quantitative estimate of drug-likeness (QED) is 0.515. The Balaban J connectivity index is 1.61. The predicted octanol–water partition coefficient (Wildman–Crippen LogP) is 4.16. The number of urea groups is 1. The number of imide groups is 2. The molecule has 8 heteroatoms. The van der Waals surface area contributed by atoms with Gasteiger partial charge in [-0.1, -0.05) is 23.7 Å². The molecule has 3 heterocycles. The summed E-state index contributed by atoms with van der Waals surface area (Å²) in [5.41, 5.74) is 1.49. The largest absolute Gasteiger partial charge is 0.467 e. The maximum atomic E-state index is 12.7. The Morgan fingerprint density at radius 1 is 1.14 bits per heavy atom. The van der Waals surface area contributed by atoms with Crippen molar-refractivity contribution >= 4 is 35.5 Å². The lowest BCUT2D eigenvalue weighted by atomic mass is 10.1. The van der Waals surface area contributed by atoms with Gasteiger partial charge >= 0.3 is 6.03 Å². The lowest BCUT2D eigenvalue weighted by molar-refractivity contribution is -0.130. The molecule has 3 aromatic rings. The second kappa shape index (κ2) is 7.44. The van der Waals surface area contributed by atoms with Crippen LogP contribution in [0, 0.1) is 6.92 Å². The minimum atomic E-state index is -0.803. The summed E-state index contributed by atoms with van der Waals surface area (Å²) in [6.07, 6.45) is 2.74. The Labute approximate surface area is 170 Å². The molecule has 0 aliphatic carbocycles. The van der Waals surface area contributed by atoms with E-state index in [1.54, 1.807) is 30.3 Å². The molecule has 2 aromatic heterocycles. The highest BCUT2D eigenvalue weighted by Gasteiger charge is 2.36. The molecule has 1 aromatic carbocycles. The van der Waals surface area contributed by atoms with Gasteiger partial charge in [-0.05, 0) is 48.9 Å². The summed E-state index contributed by atoms with van der Waals surface area (Å²) in [6, 6.07) is 11.3. The van der Waals surface area contributed by atoms with E-state index in [2.05, 4.69) is 5.32 Å². The number of aryl methyl sites for hydroxylation is 1. The maximum Gasteiger partial charge on any atom is 0.331 e. The molecule has 29 heavy (non-hydrogen) atoms. The summed E-state index contributed by atoms with van der Waals surface area (Å²) in [5.74, 6) is -0.273. The zero-order chi connectivity index (χ0) is 20.5. The number of barbiturate groups is 1.